The zero-order chi connectivity index (χ0) is 19.7. The number of hydrogen-bond donors (Lipinski definition) is 1. The molecule has 2 heterocycles. The van der Waals surface area contributed by atoms with E-state index >= 15 is 0 Å². The fourth-order valence-electron chi connectivity index (χ4n) is 3.46. The number of carbonyl (C=O) groups excluding carboxylic acids is 2. The van der Waals surface area contributed by atoms with Crippen LogP contribution in [0, 0.1) is 0 Å². The SMILES string of the molecule is O=C(Nc1ccc(Cl)cc1Cl)[C@@H]1CCCN1C(=O)Cc1noc2ccccc12. The molecule has 0 bridgehead atoms. The van der Waals surface area contributed by atoms with Crippen molar-refractivity contribution in [1.82, 2.24) is 10.1 Å². The van der Waals surface area contributed by atoms with Crippen molar-refractivity contribution in [2.24, 2.45) is 0 Å². The molecule has 6 nitrogen and oxygen atoms in total. The Balaban J connectivity index is 1.48. The van der Waals surface area contributed by atoms with Gasteiger partial charge in [-0.3, -0.25) is 9.59 Å². The molecule has 4 rings (SSSR count). The lowest BCUT2D eigenvalue weighted by atomic mass is 10.1. The van der Waals surface area contributed by atoms with E-state index in [1.165, 1.54) is 0 Å². The van der Waals surface area contributed by atoms with Gasteiger partial charge in [-0.1, -0.05) is 40.5 Å². The molecule has 2 aromatic carbocycles. The summed E-state index contributed by atoms with van der Waals surface area (Å²) in [5.74, 6) is -0.418. The fraction of sp³-hybridized carbons (Fsp3) is 0.250. The lowest BCUT2D eigenvalue weighted by Crippen LogP contribution is -2.43. The van der Waals surface area contributed by atoms with Gasteiger partial charge in [0.05, 0.1) is 17.1 Å². The number of benzene rings is 2. The highest BCUT2D eigenvalue weighted by Crippen LogP contribution is 2.27. The summed E-state index contributed by atoms with van der Waals surface area (Å²) < 4.78 is 5.26. The highest BCUT2D eigenvalue weighted by molar-refractivity contribution is 6.36. The van der Waals surface area contributed by atoms with E-state index in [0.717, 1.165) is 11.8 Å². The quantitative estimate of drug-likeness (QED) is 0.685. The molecule has 2 amide bonds. The Labute approximate surface area is 171 Å². The first-order valence-corrected chi connectivity index (χ1v) is 9.67. The molecule has 0 spiro atoms. The van der Waals surface area contributed by atoms with Crippen molar-refractivity contribution >= 4 is 51.7 Å². The number of likely N-dealkylation sites (tertiary alicyclic amines) is 1. The predicted octanol–water partition coefficient (Wildman–Crippen LogP) is 4.31. The Hall–Kier alpha value is -2.57. The first kappa shape index (κ1) is 18.8. The summed E-state index contributed by atoms with van der Waals surface area (Å²) in [7, 11) is 0. The molecular weight excluding hydrogens is 401 g/mol. The summed E-state index contributed by atoms with van der Waals surface area (Å²) in [5, 5.41) is 8.45. The standard InChI is InChI=1S/C20H17Cl2N3O3/c21-12-7-8-15(14(22)10-12)23-20(27)17-5-3-9-25(17)19(26)11-16-13-4-1-2-6-18(13)28-24-16/h1-2,4,6-8,10,17H,3,5,9,11H2,(H,23,27)/t17-/m0/s1. The van der Waals surface area contributed by atoms with Gasteiger partial charge < -0.3 is 14.7 Å². The molecule has 0 aliphatic carbocycles. The van der Waals surface area contributed by atoms with Crippen LogP contribution in [0.15, 0.2) is 47.0 Å². The first-order valence-electron chi connectivity index (χ1n) is 8.91. The lowest BCUT2D eigenvalue weighted by Gasteiger charge is -2.24. The van der Waals surface area contributed by atoms with Gasteiger partial charge in [0.1, 0.15) is 11.7 Å². The van der Waals surface area contributed by atoms with Crippen molar-refractivity contribution in [3.8, 4) is 0 Å². The molecule has 1 saturated heterocycles. The number of para-hydroxylation sites is 1. The number of rotatable bonds is 4. The maximum absolute atomic E-state index is 12.9. The number of fused-ring (bicyclic) bond motifs is 1. The minimum absolute atomic E-state index is 0.0858. The van der Waals surface area contributed by atoms with Crippen molar-refractivity contribution < 1.29 is 14.1 Å². The first-order chi connectivity index (χ1) is 13.5. The third-order valence-electron chi connectivity index (χ3n) is 4.84. The number of nitrogens with zero attached hydrogens (tertiary/aromatic N) is 2. The smallest absolute Gasteiger partial charge is 0.247 e. The second-order valence-corrected chi connectivity index (χ2v) is 7.50. The average Bonchev–Trinajstić information content (AvgIpc) is 3.32. The summed E-state index contributed by atoms with van der Waals surface area (Å²) in [4.78, 5) is 27.2. The fourth-order valence-corrected chi connectivity index (χ4v) is 3.91. The number of carbonyl (C=O) groups is 2. The average molecular weight is 418 g/mol. The minimum Gasteiger partial charge on any atom is -0.356 e. The van der Waals surface area contributed by atoms with E-state index in [0.29, 0.717) is 40.0 Å². The maximum Gasteiger partial charge on any atom is 0.247 e. The second-order valence-electron chi connectivity index (χ2n) is 6.66. The van der Waals surface area contributed by atoms with Crippen LogP contribution < -0.4 is 5.32 Å². The van der Waals surface area contributed by atoms with Gasteiger partial charge >= 0.3 is 0 Å². The highest BCUT2D eigenvalue weighted by atomic mass is 35.5. The minimum atomic E-state index is -0.544. The Morgan fingerprint density at radius 3 is 2.86 bits per heavy atom. The van der Waals surface area contributed by atoms with Crippen molar-refractivity contribution in [3.05, 3.63) is 58.2 Å². The van der Waals surface area contributed by atoms with Crippen LogP contribution in [0.3, 0.4) is 0 Å². The predicted molar refractivity (Wildman–Crippen MR) is 108 cm³/mol. The van der Waals surface area contributed by atoms with Crippen LogP contribution in [0.4, 0.5) is 5.69 Å². The van der Waals surface area contributed by atoms with Crippen LogP contribution in [0.1, 0.15) is 18.5 Å². The molecule has 1 N–H and O–H groups in total. The third-order valence-corrected chi connectivity index (χ3v) is 5.38. The number of aromatic nitrogens is 1. The lowest BCUT2D eigenvalue weighted by molar-refractivity contribution is -0.136. The molecule has 0 saturated carbocycles. The van der Waals surface area contributed by atoms with E-state index in [1.807, 2.05) is 18.2 Å². The monoisotopic (exact) mass is 417 g/mol. The number of halogens is 2. The maximum atomic E-state index is 12.9. The van der Waals surface area contributed by atoms with Gasteiger partial charge in [-0.2, -0.15) is 0 Å². The second kappa shape index (κ2) is 7.81. The van der Waals surface area contributed by atoms with E-state index in [4.69, 9.17) is 27.7 Å². The van der Waals surface area contributed by atoms with Gasteiger partial charge in [-0.05, 0) is 43.2 Å². The zero-order valence-corrected chi connectivity index (χ0v) is 16.3. The normalized spacial score (nSPS) is 16.5. The van der Waals surface area contributed by atoms with Crippen LogP contribution in [0.25, 0.3) is 11.0 Å². The number of amides is 2. The van der Waals surface area contributed by atoms with E-state index < -0.39 is 6.04 Å². The summed E-state index contributed by atoms with van der Waals surface area (Å²) in [5.41, 5.74) is 1.68. The number of nitrogens with one attached hydrogen (secondary N) is 1. The molecule has 144 valence electrons. The van der Waals surface area contributed by atoms with Gasteiger partial charge in [-0.15, -0.1) is 0 Å². The van der Waals surface area contributed by atoms with E-state index in [1.54, 1.807) is 29.2 Å². The van der Waals surface area contributed by atoms with Gasteiger partial charge in [0.2, 0.25) is 11.8 Å². The third kappa shape index (κ3) is 3.70. The highest BCUT2D eigenvalue weighted by Gasteiger charge is 2.34. The van der Waals surface area contributed by atoms with Crippen molar-refractivity contribution in [2.45, 2.75) is 25.3 Å². The zero-order valence-electron chi connectivity index (χ0n) is 14.8. The van der Waals surface area contributed by atoms with Crippen LogP contribution in [-0.4, -0.2) is 34.5 Å². The summed E-state index contributed by atoms with van der Waals surface area (Å²) in [6, 6.07) is 11.7. The van der Waals surface area contributed by atoms with E-state index in [-0.39, 0.29) is 18.2 Å². The van der Waals surface area contributed by atoms with Crippen LogP contribution in [0.2, 0.25) is 10.0 Å². The molecule has 1 aliphatic rings. The Morgan fingerprint density at radius 1 is 1.21 bits per heavy atom. The molecule has 1 aromatic heterocycles. The molecule has 3 aromatic rings. The molecular formula is C20H17Cl2N3O3. The Morgan fingerprint density at radius 2 is 2.04 bits per heavy atom. The molecule has 0 radical (unpaired) electrons. The van der Waals surface area contributed by atoms with Crippen LogP contribution >= 0.6 is 23.2 Å². The number of anilines is 1. The van der Waals surface area contributed by atoms with Gasteiger partial charge in [-0.25, -0.2) is 0 Å². The van der Waals surface area contributed by atoms with Gasteiger partial charge in [0, 0.05) is 17.0 Å². The van der Waals surface area contributed by atoms with Crippen molar-refractivity contribution in [2.75, 3.05) is 11.9 Å². The van der Waals surface area contributed by atoms with Gasteiger partial charge in [0.25, 0.3) is 0 Å². The topological polar surface area (TPSA) is 75.4 Å². The summed E-state index contributed by atoms with van der Waals surface area (Å²) in [6.45, 7) is 0.529. The Kier molecular flexibility index (Phi) is 5.24. The van der Waals surface area contributed by atoms with Gasteiger partial charge in [0.15, 0.2) is 5.58 Å². The van der Waals surface area contributed by atoms with E-state index in [2.05, 4.69) is 10.5 Å². The molecule has 1 aliphatic heterocycles. The molecule has 1 fully saturated rings. The summed E-state index contributed by atoms with van der Waals surface area (Å²) in [6.07, 6.45) is 1.45. The Bertz CT molecular complexity index is 1050. The van der Waals surface area contributed by atoms with Crippen molar-refractivity contribution in [3.63, 3.8) is 0 Å². The molecule has 8 heteroatoms. The summed E-state index contributed by atoms with van der Waals surface area (Å²) >= 11 is 12.0. The molecule has 1 atom stereocenters. The van der Waals surface area contributed by atoms with E-state index in [9.17, 15) is 9.59 Å². The van der Waals surface area contributed by atoms with Crippen molar-refractivity contribution in [1.29, 1.82) is 0 Å². The largest absolute Gasteiger partial charge is 0.356 e. The molecule has 0 unspecified atom stereocenters. The van der Waals surface area contributed by atoms with Crippen LogP contribution in [-0.2, 0) is 16.0 Å². The number of hydrogen-bond acceptors (Lipinski definition) is 4. The van der Waals surface area contributed by atoms with Crippen LogP contribution in [0.5, 0.6) is 0 Å². The molecule has 28 heavy (non-hydrogen) atoms.